The monoisotopic (exact) mass is 224 g/mol. The van der Waals surface area contributed by atoms with Gasteiger partial charge >= 0.3 is 0 Å². The lowest BCUT2D eigenvalue weighted by Gasteiger charge is -2.24. The summed E-state index contributed by atoms with van der Waals surface area (Å²) in [5.41, 5.74) is 2.09. The van der Waals surface area contributed by atoms with Gasteiger partial charge in [-0.15, -0.1) is 0 Å². The van der Waals surface area contributed by atoms with Crippen molar-refractivity contribution in [2.45, 2.75) is 19.4 Å². The summed E-state index contributed by atoms with van der Waals surface area (Å²) in [5.74, 6) is 0. The Morgan fingerprint density at radius 3 is 3.25 bits per heavy atom. The third-order valence-electron chi connectivity index (χ3n) is 2.77. The molecule has 2 rings (SSSR count). The summed E-state index contributed by atoms with van der Waals surface area (Å²) in [7, 11) is 0. The number of nitrogens with zero attached hydrogens (tertiary/aromatic N) is 2. The molecule has 0 radical (unpaired) electrons. The molecule has 4 heteroatoms. The SMILES string of the molecule is Cc1cc(N2CCCOC(CF)C2)ccn1. The molecule has 1 atom stereocenters. The van der Waals surface area contributed by atoms with E-state index in [1.165, 1.54) is 0 Å². The lowest BCUT2D eigenvalue weighted by Crippen LogP contribution is -2.32. The average molecular weight is 224 g/mol. The molecule has 3 nitrogen and oxygen atoms in total. The predicted molar refractivity (Wildman–Crippen MR) is 61.5 cm³/mol. The maximum Gasteiger partial charge on any atom is 0.117 e. The predicted octanol–water partition coefficient (Wildman–Crippen LogP) is 1.95. The zero-order valence-electron chi connectivity index (χ0n) is 9.53. The molecule has 0 amide bonds. The quantitative estimate of drug-likeness (QED) is 0.767. The van der Waals surface area contributed by atoms with Crippen LogP contribution in [0.4, 0.5) is 10.1 Å². The molecule has 0 N–H and O–H groups in total. The Hall–Kier alpha value is -1.16. The number of anilines is 1. The number of aromatic nitrogens is 1. The summed E-state index contributed by atoms with van der Waals surface area (Å²) in [4.78, 5) is 6.34. The van der Waals surface area contributed by atoms with Crippen molar-refractivity contribution in [2.24, 2.45) is 0 Å². The molecule has 1 saturated heterocycles. The first-order chi connectivity index (χ1) is 7.79. The Bertz CT molecular complexity index is 346. The van der Waals surface area contributed by atoms with Crippen LogP contribution in [-0.2, 0) is 4.74 Å². The zero-order chi connectivity index (χ0) is 11.4. The minimum absolute atomic E-state index is 0.295. The minimum Gasteiger partial charge on any atom is -0.374 e. The van der Waals surface area contributed by atoms with E-state index in [0.717, 1.165) is 24.3 Å². The second-order valence-corrected chi connectivity index (χ2v) is 4.10. The van der Waals surface area contributed by atoms with Crippen LogP contribution in [0.15, 0.2) is 18.3 Å². The summed E-state index contributed by atoms with van der Waals surface area (Å²) in [6.45, 7) is 3.74. The Morgan fingerprint density at radius 1 is 1.62 bits per heavy atom. The lowest BCUT2D eigenvalue weighted by atomic mass is 10.2. The van der Waals surface area contributed by atoms with E-state index in [1.807, 2.05) is 19.1 Å². The van der Waals surface area contributed by atoms with E-state index in [2.05, 4.69) is 9.88 Å². The normalized spacial score (nSPS) is 21.9. The van der Waals surface area contributed by atoms with Crippen molar-refractivity contribution in [3.8, 4) is 0 Å². The van der Waals surface area contributed by atoms with Crippen LogP contribution in [0.3, 0.4) is 0 Å². The average Bonchev–Trinajstić information content (AvgIpc) is 2.54. The lowest BCUT2D eigenvalue weighted by molar-refractivity contribution is 0.0508. The maximum atomic E-state index is 12.7. The molecule has 16 heavy (non-hydrogen) atoms. The summed E-state index contributed by atoms with van der Waals surface area (Å²) >= 11 is 0. The van der Waals surface area contributed by atoms with E-state index in [-0.39, 0.29) is 6.10 Å². The molecule has 0 bridgehead atoms. The third-order valence-corrected chi connectivity index (χ3v) is 2.77. The van der Waals surface area contributed by atoms with Gasteiger partial charge in [-0.3, -0.25) is 4.98 Å². The van der Waals surface area contributed by atoms with Crippen molar-refractivity contribution in [1.82, 2.24) is 4.98 Å². The van der Waals surface area contributed by atoms with Gasteiger partial charge in [0.2, 0.25) is 0 Å². The highest BCUT2D eigenvalue weighted by Gasteiger charge is 2.18. The Kier molecular flexibility index (Phi) is 3.72. The van der Waals surface area contributed by atoms with Crippen molar-refractivity contribution in [2.75, 3.05) is 31.3 Å². The molecule has 0 saturated carbocycles. The molecule has 1 fully saturated rings. The van der Waals surface area contributed by atoms with Crippen LogP contribution in [0.25, 0.3) is 0 Å². The number of alkyl halides is 1. The molecule has 0 spiro atoms. The van der Waals surface area contributed by atoms with E-state index in [1.54, 1.807) is 6.20 Å². The number of rotatable bonds is 2. The summed E-state index contributed by atoms with van der Waals surface area (Å²) in [6.07, 6.45) is 2.44. The van der Waals surface area contributed by atoms with Crippen molar-refractivity contribution < 1.29 is 9.13 Å². The first-order valence-electron chi connectivity index (χ1n) is 5.65. The summed E-state index contributed by atoms with van der Waals surface area (Å²) in [6, 6.07) is 3.99. The van der Waals surface area contributed by atoms with E-state index in [4.69, 9.17) is 4.74 Å². The molecular formula is C12H17FN2O. The second kappa shape index (κ2) is 5.25. The number of aryl methyl sites for hydroxylation is 1. The van der Waals surface area contributed by atoms with E-state index >= 15 is 0 Å². The van der Waals surface area contributed by atoms with Gasteiger partial charge in [0.05, 0.1) is 0 Å². The van der Waals surface area contributed by atoms with Crippen LogP contribution in [0, 0.1) is 6.92 Å². The van der Waals surface area contributed by atoms with Gasteiger partial charge in [0.25, 0.3) is 0 Å². The van der Waals surface area contributed by atoms with Crippen LogP contribution < -0.4 is 4.90 Å². The Labute approximate surface area is 95.2 Å². The highest BCUT2D eigenvalue weighted by molar-refractivity contribution is 5.46. The Morgan fingerprint density at radius 2 is 2.50 bits per heavy atom. The molecule has 1 unspecified atom stereocenters. The van der Waals surface area contributed by atoms with Crippen LogP contribution >= 0.6 is 0 Å². The molecule has 1 aliphatic rings. The molecule has 2 heterocycles. The first kappa shape index (κ1) is 11.3. The van der Waals surface area contributed by atoms with Gasteiger partial charge in [0.1, 0.15) is 12.8 Å². The number of halogens is 1. The van der Waals surface area contributed by atoms with Gasteiger partial charge in [-0.2, -0.15) is 0 Å². The van der Waals surface area contributed by atoms with E-state index in [9.17, 15) is 4.39 Å². The molecule has 88 valence electrons. The zero-order valence-corrected chi connectivity index (χ0v) is 9.53. The van der Waals surface area contributed by atoms with E-state index < -0.39 is 6.67 Å². The highest BCUT2D eigenvalue weighted by Crippen LogP contribution is 2.18. The topological polar surface area (TPSA) is 25.4 Å². The molecular weight excluding hydrogens is 207 g/mol. The van der Waals surface area contributed by atoms with Gasteiger partial charge in [-0.1, -0.05) is 0 Å². The fraction of sp³-hybridized carbons (Fsp3) is 0.583. The van der Waals surface area contributed by atoms with Crippen molar-refractivity contribution in [3.05, 3.63) is 24.0 Å². The second-order valence-electron chi connectivity index (χ2n) is 4.10. The van der Waals surface area contributed by atoms with Gasteiger partial charge in [-0.25, -0.2) is 4.39 Å². The van der Waals surface area contributed by atoms with Crippen molar-refractivity contribution in [3.63, 3.8) is 0 Å². The molecule has 1 aromatic heterocycles. The standard InChI is InChI=1S/C12H17FN2O/c1-10-7-11(3-4-14-10)15-5-2-6-16-12(8-13)9-15/h3-4,7,12H,2,5-6,8-9H2,1H3. The third kappa shape index (κ3) is 2.70. The van der Waals surface area contributed by atoms with Gasteiger partial charge in [-0.05, 0) is 25.5 Å². The fourth-order valence-corrected chi connectivity index (χ4v) is 1.95. The largest absolute Gasteiger partial charge is 0.374 e. The molecule has 0 aromatic carbocycles. The first-order valence-corrected chi connectivity index (χ1v) is 5.65. The number of hydrogen-bond acceptors (Lipinski definition) is 3. The van der Waals surface area contributed by atoms with Gasteiger partial charge in [0, 0.05) is 37.3 Å². The summed E-state index contributed by atoms with van der Waals surface area (Å²) < 4.78 is 18.1. The smallest absolute Gasteiger partial charge is 0.117 e. The van der Waals surface area contributed by atoms with Crippen molar-refractivity contribution in [1.29, 1.82) is 0 Å². The molecule has 1 aromatic rings. The van der Waals surface area contributed by atoms with Crippen LogP contribution in [0.5, 0.6) is 0 Å². The van der Waals surface area contributed by atoms with Crippen LogP contribution in [0.1, 0.15) is 12.1 Å². The maximum absolute atomic E-state index is 12.7. The van der Waals surface area contributed by atoms with Gasteiger partial charge < -0.3 is 9.64 Å². The van der Waals surface area contributed by atoms with Gasteiger partial charge in [0.15, 0.2) is 0 Å². The van der Waals surface area contributed by atoms with Crippen LogP contribution in [-0.4, -0.2) is 37.5 Å². The summed E-state index contributed by atoms with van der Waals surface area (Å²) in [5, 5.41) is 0. The molecule has 1 aliphatic heterocycles. The van der Waals surface area contributed by atoms with Crippen LogP contribution in [0.2, 0.25) is 0 Å². The fourth-order valence-electron chi connectivity index (χ4n) is 1.95. The Balaban J connectivity index is 2.12. The molecule has 0 aliphatic carbocycles. The number of hydrogen-bond donors (Lipinski definition) is 0. The van der Waals surface area contributed by atoms with E-state index in [0.29, 0.717) is 13.2 Å². The van der Waals surface area contributed by atoms with Crippen molar-refractivity contribution >= 4 is 5.69 Å². The number of ether oxygens (including phenoxy) is 1. The minimum atomic E-state index is -0.416. The number of pyridine rings is 1. The highest BCUT2D eigenvalue weighted by atomic mass is 19.1.